The lowest BCUT2D eigenvalue weighted by Crippen LogP contribution is -2.47. The zero-order valence-electron chi connectivity index (χ0n) is 16.3. The third kappa shape index (κ3) is 8.55. The van der Waals surface area contributed by atoms with E-state index >= 15 is 0 Å². The van der Waals surface area contributed by atoms with Gasteiger partial charge in [0.05, 0.1) is 28.7 Å². The molecule has 0 aromatic heterocycles. The number of aliphatic imine (C=N–C) groups is 1. The van der Waals surface area contributed by atoms with Crippen LogP contribution in [0.4, 0.5) is 3.89 Å². The Morgan fingerprint density at radius 3 is 2.55 bits per heavy atom. The van der Waals surface area contributed by atoms with Gasteiger partial charge < -0.3 is 16.2 Å². The second-order valence-corrected chi connectivity index (χ2v) is 7.79. The van der Waals surface area contributed by atoms with E-state index in [2.05, 4.69) is 9.71 Å². The minimum atomic E-state index is -0.507. The largest absolute Gasteiger partial charge is 0.381 e. The predicted molar refractivity (Wildman–Crippen MR) is 119 cm³/mol. The molecular formula is C19H26FN5O2S2. The van der Waals surface area contributed by atoms with Crippen LogP contribution in [0.3, 0.4) is 0 Å². The summed E-state index contributed by atoms with van der Waals surface area (Å²) in [5.74, 6) is -0.268. The summed E-state index contributed by atoms with van der Waals surface area (Å²) >= 11 is 1.53. The maximum absolute atomic E-state index is 12.6. The number of primary amides is 1. The van der Waals surface area contributed by atoms with Crippen LogP contribution in [-0.4, -0.2) is 43.2 Å². The molecule has 0 bridgehead atoms. The van der Waals surface area contributed by atoms with Crippen molar-refractivity contribution in [2.45, 2.75) is 24.5 Å². The molecule has 0 unspecified atom stereocenters. The number of nitriles is 1. The monoisotopic (exact) mass is 439 g/mol. The molecule has 29 heavy (non-hydrogen) atoms. The van der Waals surface area contributed by atoms with Gasteiger partial charge in [-0.1, -0.05) is 24.1 Å². The summed E-state index contributed by atoms with van der Waals surface area (Å²) in [6.45, 7) is 4.19. The SMILES string of the molecule is CC=N/C=C(\SF)c1ccc(C#N)cc1.NCCNSC1(C(N)=O)CCOCC1. The van der Waals surface area contributed by atoms with Gasteiger partial charge in [0, 0.05) is 38.7 Å². The van der Waals surface area contributed by atoms with Crippen LogP contribution in [0.2, 0.25) is 0 Å². The molecule has 2 rings (SSSR count). The number of hydrogen-bond donors (Lipinski definition) is 3. The molecule has 1 aromatic rings. The Hall–Kier alpha value is -1.90. The number of carbonyl (C=O) groups is 1. The van der Waals surface area contributed by atoms with E-state index < -0.39 is 4.75 Å². The van der Waals surface area contributed by atoms with Crippen molar-refractivity contribution in [2.24, 2.45) is 16.5 Å². The number of nitrogens with two attached hydrogens (primary N) is 2. The van der Waals surface area contributed by atoms with Crippen molar-refractivity contribution in [3.05, 3.63) is 41.6 Å². The van der Waals surface area contributed by atoms with E-state index in [1.54, 1.807) is 37.4 Å². The van der Waals surface area contributed by atoms with Crippen LogP contribution in [0.1, 0.15) is 30.9 Å². The Labute approximate surface area is 179 Å². The molecule has 1 aromatic carbocycles. The van der Waals surface area contributed by atoms with Gasteiger partial charge in [0.1, 0.15) is 4.75 Å². The fourth-order valence-corrected chi connectivity index (χ4v) is 3.63. The van der Waals surface area contributed by atoms with E-state index in [1.807, 2.05) is 6.07 Å². The quantitative estimate of drug-likeness (QED) is 0.323. The summed E-state index contributed by atoms with van der Waals surface area (Å²) in [6, 6.07) is 8.69. The van der Waals surface area contributed by atoms with Gasteiger partial charge in [-0.3, -0.25) is 14.5 Å². The van der Waals surface area contributed by atoms with Gasteiger partial charge in [0.2, 0.25) is 5.91 Å². The molecule has 1 heterocycles. The number of benzene rings is 1. The van der Waals surface area contributed by atoms with Gasteiger partial charge in [-0.25, -0.2) is 0 Å². The molecule has 5 N–H and O–H groups in total. The number of nitrogens with one attached hydrogen (secondary N) is 1. The summed E-state index contributed by atoms with van der Waals surface area (Å²) in [7, 11) is 0. The first-order chi connectivity index (χ1) is 14.0. The minimum Gasteiger partial charge on any atom is -0.381 e. The fourth-order valence-electron chi connectivity index (χ4n) is 2.34. The van der Waals surface area contributed by atoms with Gasteiger partial charge >= 0.3 is 0 Å². The lowest BCUT2D eigenvalue weighted by molar-refractivity contribution is -0.122. The Balaban J connectivity index is 0.000000291. The molecule has 0 saturated carbocycles. The molecule has 10 heteroatoms. The Bertz CT molecular complexity index is 729. The summed E-state index contributed by atoms with van der Waals surface area (Å²) in [5.41, 5.74) is 12.0. The van der Waals surface area contributed by atoms with E-state index in [0.29, 0.717) is 55.2 Å². The van der Waals surface area contributed by atoms with Gasteiger partial charge in [0.25, 0.3) is 0 Å². The zero-order chi connectivity index (χ0) is 21.5. The molecule has 1 fully saturated rings. The Kier molecular flexibility index (Phi) is 12.3. The molecule has 7 nitrogen and oxygen atoms in total. The molecule has 0 atom stereocenters. The van der Waals surface area contributed by atoms with Crippen LogP contribution < -0.4 is 16.2 Å². The van der Waals surface area contributed by atoms with E-state index in [1.165, 1.54) is 18.1 Å². The van der Waals surface area contributed by atoms with Crippen LogP contribution in [0.15, 0.2) is 35.5 Å². The second kappa shape index (κ2) is 14.1. The number of nitrogens with zero attached hydrogens (tertiary/aromatic N) is 2. The van der Waals surface area contributed by atoms with Crippen LogP contribution in [0.25, 0.3) is 4.91 Å². The summed E-state index contributed by atoms with van der Waals surface area (Å²) in [5, 5.41) is 8.60. The first-order valence-electron chi connectivity index (χ1n) is 8.98. The molecule has 1 saturated heterocycles. The molecule has 0 radical (unpaired) electrons. The average molecular weight is 440 g/mol. The smallest absolute Gasteiger partial charge is 0.235 e. The first kappa shape index (κ1) is 25.1. The molecule has 1 aliphatic heterocycles. The van der Waals surface area contributed by atoms with Crippen molar-refractivity contribution in [3.63, 3.8) is 0 Å². The number of amides is 1. The van der Waals surface area contributed by atoms with Crippen molar-refractivity contribution < 1.29 is 13.4 Å². The van der Waals surface area contributed by atoms with E-state index in [9.17, 15) is 8.68 Å². The van der Waals surface area contributed by atoms with Gasteiger partial charge in [-0.05, 0) is 37.5 Å². The highest BCUT2D eigenvalue weighted by atomic mass is 32.2. The number of ether oxygens (including phenoxy) is 1. The minimum absolute atomic E-state index is 0.141. The maximum atomic E-state index is 12.6. The highest BCUT2D eigenvalue weighted by Crippen LogP contribution is 2.33. The van der Waals surface area contributed by atoms with Crippen molar-refractivity contribution in [1.29, 1.82) is 5.26 Å². The summed E-state index contributed by atoms with van der Waals surface area (Å²) < 4.78 is 20.3. The Morgan fingerprint density at radius 1 is 1.41 bits per heavy atom. The predicted octanol–water partition coefficient (Wildman–Crippen LogP) is 2.78. The average Bonchev–Trinajstić information content (AvgIpc) is 2.76. The number of hydrogen-bond acceptors (Lipinski definition) is 8. The van der Waals surface area contributed by atoms with Crippen molar-refractivity contribution in [1.82, 2.24) is 4.72 Å². The fraction of sp³-hybridized carbons (Fsp3) is 0.421. The first-order valence-corrected chi connectivity index (χ1v) is 10.5. The third-order valence-corrected chi connectivity index (χ3v) is 5.84. The lowest BCUT2D eigenvalue weighted by Gasteiger charge is -2.33. The van der Waals surface area contributed by atoms with E-state index in [4.69, 9.17) is 21.5 Å². The zero-order valence-corrected chi connectivity index (χ0v) is 17.9. The van der Waals surface area contributed by atoms with Crippen LogP contribution in [-0.2, 0) is 9.53 Å². The van der Waals surface area contributed by atoms with Crippen molar-refractivity contribution >= 4 is 41.1 Å². The molecule has 0 spiro atoms. The van der Waals surface area contributed by atoms with Crippen LogP contribution >= 0.6 is 24.1 Å². The van der Waals surface area contributed by atoms with E-state index in [0.717, 1.165) is 0 Å². The van der Waals surface area contributed by atoms with Crippen molar-refractivity contribution in [3.8, 4) is 6.07 Å². The topological polar surface area (TPSA) is 127 Å². The van der Waals surface area contributed by atoms with Crippen LogP contribution in [0.5, 0.6) is 0 Å². The van der Waals surface area contributed by atoms with Crippen LogP contribution in [0, 0.1) is 11.3 Å². The van der Waals surface area contributed by atoms with Crippen molar-refractivity contribution in [2.75, 3.05) is 26.3 Å². The Morgan fingerprint density at radius 2 is 2.07 bits per heavy atom. The van der Waals surface area contributed by atoms with E-state index in [-0.39, 0.29) is 18.1 Å². The number of rotatable bonds is 8. The normalized spacial score (nSPS) is 16.0. The molecule has 1 amide bonds. The highest BCUT2D eigenvalue weighted by molar-refractivity contribution is 8.03. The maximum Gasteiger partial charge on any atom is 0.235 e. The highest BCUT2D eigenvalue weighted by Gasteiger charge is 2.39. The van der Waals surface area contributed by atoms with Gasteiger partial charge in [-0.15, -0.1) is 0 Å². The standard InChI is InChI=1S/C11H9FN2S.C8H17N3O2S/c1-2-14-8-11(15-12)10-5-3-9(7-13)4-6-10;9-3-4-11-14-8(7(10)12)1-5-13-6-2-8/h2-6,8H,1H3;11H,1-6,9H2,(H2,10,12)/b11-8-,14-2?;. The molecule has 1 aliphatic rings. The summed E-state index contributed by atoms with van der Waals surface area (Å²) in [4.78, 5) is 15.6. The molecule has 158 valence electrons. The lowest BCUT2D eigenvalue weighted by atomic mass is 9.98. The summed E-state index contributed by atoms with van der Waals surface area (Å²) in [6.07, 6.45) is 4.38. The van der Waals surface area contributed by atoms with Gasteiger partial charge in [-0.2, -0.15) is 9.15 Å². The molecular weight excluding hydrogens is 413 g/mol. The third-order valence-electron chi connectivity index (χ3n) is 3.99. The molecule has 0 aliphatic carbocycles. The second-order valence-electron chi connectivity index (χ2n) is 5.92. The van der Waals surface area contributed by atoms with Gasteiger partial charge in [0.15, 0.2) is 0 Å². The number of carbonyl (C=O) groups excluding carboxylic acids is 1. The number of halogens is 1.